The van der Waals surface area contributed by atoms with Gasteiger partial charge in [-0.05, 0) is 44.4 Å². The van der Waals surface area contributed by atoms with E-state index in [1.54, 1.807) is 0 Å². The third-order valence-corrected chi connectivity index (χ3v) is 3.74. The molecule has 2 nitrogen and oxygen atoms in total. The van der Waals surface area contributed by atoms with Crippen LogP contribution in [0.4, 0.5) is 0 Å². The fraction of sp³-hybridized carbons (Fsp3) is 1.00. The van der Waals surface area contributed by atoms with Crippen LogP contribution in [0.3, 0.4) is 0 Å². The number of hydrogen-bond acceptors (Lipinski definition) is 2. The van der Waals surface area contributed by atoms with Gasteiger partial charge in [0, 0.05) is 6.61 Å². The Hall–Kier alpha value is -0.0800. The van der Waals surface area contributed by atoms with Crippen molar-refractivity contribution in [2.75, 3.05) is 6.61 Å². The lowest BCUT2D eigenvalue weighted by Gasteiger charge is -2.15. The fourth-order valence-corrected chi connectivity index (χ4v) is 2.83. The van der Waals surface area contributed by atoms with Gasteiger partial charge in [-0.15, -0.1) is 0 Å². The lowest BCUT2D eigenvalue weighted by Crippen LogP contribution is -2.14. The second kappa shape index (κ2) is 5.13. The van der Waals surface area contributed by atoms with Crippen molar-refractivity contribution in [3.8, 4) is 0 Å². The van der Waals surface area contributed by atoms with Crippen LogP contribution in [0, 0.1) is 5.92 Å². The van der Waals surface area contributed by atoms with Crippen LogP contribution < -0.4 is 0 Å². The zero-order valence-corrected chi connectivity index (χ0v) is 8.95. The van der Waals surface area contributed by atoms with E-state index in [4.69, 9.17) is 4.74 Å². The van der Waals surface area contributed by atoms with Crippen LogP contribution in [-0.4, -0.2) is 23.9 Å². The maximum Gasteiger partial charge on any atom is 0.0576 e. The van der Waals surface area contributed by atoms with Gasteiger partial charge in [-0.2, -0.15) is 0 Å². The lowest BCUT2D eigenvalue weighted by atomic mass is 9.97. The Morgan fingerprint density at radius 1 is 1.07 bits per heavy atom. The summed E-state index contributed by atoms with van der Waals surface area (Å²) in [5.41, 5.74) is 0. The monoisotopic (exact) mass is 198 g/mol. The van der Waals surface area contributed by atoms with Crippen molar-refractivity contribution in [2.45, 2.75) is 63.6 Å². The Morgan fingerprint density at radius 2 is 2.00 bits per heavy atom. The van der Waals surface area contributed by atoms with E-state index in [0.717, 1.165) is 13.0 Å². The van der Waals surface area contributed by atoms with Crippen molar-refractivity contribution in [3.05, 3.63) is 0 Å². The summed E-state index contributed by atoms with van der Waals surface area (Å²) in [6, 6.07) is 0. The molecule has 0 spiro atoms. The lowest BCUT2D eigenvalue weighted by molar-refractivity contribution is 0.0931. The quantitative estimate of drug-likeness (QED) is 0.752. The molecule has 14 heavy (non-hydrogen) atoms. The Bertz CT molecular complexity index is 164. The summed E-state index contributed by atoms with van der Waals surface area (Å²) in [7, 11) is 0. The molecule has 2 fully saturated rings. The van der Waals surface area contributed by atoms with E-state index >= 15 is 0 Å². The van der Waals surface area contributed by atoms with Crippen LogP contribution >= 0.6 is 0 Å². The summed E-state index contributed by atoms with van der Waals surface area (Å²) >= 11 is 0. The molecule has 0 bridgehead atoms. The summed E-state index contributed by atoms with van der Waals surface area (Å²) in [6.45, 7) is 0.969. The molecule has 0 aromatic heterocycles. The Kier molecular flexibility index (Phi) is 3.82. The van der Waals surface area contributed by atoms with Gasteiger partial charge in [-0.1, -0.05) is 12.8 Å². The first kappa shape index (κ1) is 10.4. The van der Waals surface area contributed by atoms with Crippen molar-refractivity contribution in [2.24, 2.45) is 5.92 Å². The molecule has 0 radical (unpaired) electrons. The highest BCUT2D eigenvalue weighted by molar-refractivity contribution is 4.77. The number of ether oxygens (including phenoxy) is 1. The predicted octanol–water partition coefficient (Wildman–Crippen LogP) is 2.50. The summed E-state index contributed by atoms with van der Waals surface area (Å²) in [5.74, 6) is 0.594. The van der Waals surface area contributed by atoms with Crippen molar-refractivity contribution in [1.82, 2.24) is 0 Å². The maximum atomic E-state index is 9.65. The van der Waals surface area contributed by atoms with E-state index in [9.17, 15) is 5.11 Å². The van der Waals surface area contributed by atoms with Crippen LogP contribution in [0.25, 0.3) is 0 Å². The molecule has 0 aromatic rings. The van der Waals surface area contributed by atoms with Gasteiger partial charge in [0.2, 0.25) is 0 Å². The molecular weight excluding hydrogens is 176 g/mol. The Labute approximate surface area is 86.6 Å². The minimum atomic E-state index is -0.000466. The number of aliphatic hydroxyl groups is 1. The molecule has 1 N–H and O–H groups in total. The molecule has 1 aliphatic carbocycles. The average Bonchev–Trinajstić information content (AvgIpc) is 2.78. The van der Waals surface area contributed by atoms with Crippen molar-refractivity contribution in [1.29, 1.82) is 0 Å². The van der Waals surface area contributed by atoms with E-state index in [2.05, 4.69) is 0 Å². The second-order valence-corrected chi connectivity index (χ2v) is 4.82. The van der Waals surface area contributed by atoms with Crippen LogP contribution in [0.1, 0.15) is 51.4 Å². The minimum absolute atomic E-state index is 0.000466. The molecule has 1 aliphatic heterocycles. The molecule has 0 amide bonds. The van der Waals surface area contributed by atoms with Gasteiger partial charge in [0.25, 0.3) is 0 Å². The van der Waals surface area contributed by atoms with Crippen molar-refractivity contribution >= 4 is 0 Å². The SMILES string of the molecule is OC1CCCC1CCCC1CCCO1. The molecule has 2 heteroatoms. The highest BCUT2D eigenvalue weighted by atomic mass is 16.5. The van der Waals surface area contributed by atoms with Crippen LogP contribution in [0.5, 0.6) is 0 Å². The van der Waals surface area contributed by atoms with Crippen LogP contribution in [0.15, 0.2) is 0 Å². The smallest absolute Gasteiger partial charge is 0.0576 e. The zero-order valence-electron chi connectivity index (χ0n) is 8.95. The van der Waals surface area contributed by atoms with E-state index < -0.39 is 0 Å². The predicted molar refractivity (Wildman–Crippen MR) is 56.2 cm³/mol. The Morgan fingerprint density at radius 3 is 2.64 bits per heavy atom. The molecule has 3 atom stereocenters. The molecule has 1 saturated carbocycles. The number of aliphatic hydroxyl groups excluding tert-OH is 1. The van der Waals surface area contributed by atoms with Gasteiger partial charge in [-0.25, -0.2) is 0 Å². The van der Waals surface area contributed by atoms with Gasteiger partial charge in [0.05, 0.1) is 12.2 Å². The van der Waals surface area contributed by atoms with E-state index in [1.807, 2.05) is 0 Å². The van der Waals surface area contributed by atoms with Gasteiger partial charge in [0.15, 0.2) is 0 Å². The highest BCUT2D eigenvalue weighted by Gasteiger charge is 2.25. The third kappa shape index (κ3) is 2.71. The van der Waals surface area contributed by atoms with Gasteiger partial charge < -0.3 is 9.84 Å². The minimum Gasteiger partial charge on any atom is -0.393 e. The second-order valence-electron chi connectivity index (χ2n) is 4.82. The molecule has 2 aliphatic rings. The van der Waals surface area contributed by atoms with Crippen LogP contribution in [0.2, 0.25) is 0 Å². The first-order valence-electron chi connectivity index (χ1n) is 6.16. The number of rotatable bonds is 4. The molecule has 1 heterocycles. The topological polar surface area (TPSA) is 29.5 Å². The molecule has 82 valence electrons. The fourth-order valence-electron chi connectivity index (χ4n) is 2.83. The molecule has 0 aromatic carbocycles. The first-order valence-corrected chi connectivity index (χ1v) is 6.16. The first-order chi connectivity index (χ1) is 6.86. The number of hydrogen-bond donors (Lipinski definition) is 1. The van der Waals surface area contributed by atoms with Crippen molar-refractivity contribution in [3.63, 3.8) is 0 Å². The third-order valence-electron chi connectivity index (χ3n) is 3.74. The summed E-state index contributed by atoms with van der Waals surface area (Å²) in [5, 5.41) is 9.65. The summed E-state index contributed by atoms with van der Waals surface area (Å²) in [6.07, 6.45) is 10.2. The highest BCUT2D eigenvalue weighted by Crippen LogP contribution is 2.30. The standard InChI is InChI=1S/C12H22O2/c13-12-8-2-5-10(12)4-1-6-11-7-3-9-14-11/h10-13H,1-9H2. The summed E-state index contributed by atoms with van der Waals surface area (Å²) < 4.78 is 5.58. The maximum absolute atomic E-state index is 9.65. The van der Waals surface area contributed by atoms with Crippen molar-refractivity contribution < 1.29 is 9.84 Å². The zero-order chi connectivity index (χ0) is 9.80. The normalized spacial score (nSPS) is 37.9. The largest absolute Gasteiger partial charge is 0.393 e. The van der Waals surface area contributed by atoms with E-state index in [1.165, 1.54) is 44.9 Å². The van der Waals surface area contributed by atoms with E-state index in [0.29, 0.717) is 12.0 Å². The van der Waals surface area contributed by atoms with Crippen LogP contribution in [-0.2, 0) is 4.74 Å². The molecule has 1 saturated heterocycles. The van der Waals surface area contributed by atoms with Gasteiger partial charge >= 0.3 is 0 Å². The van der Waals surface area contributed by atoms with Gasteiger partial charge in [0.1, 0.15) is 0 Å². The van der Waals surface area contributed by atoms with Gasteiger partial charge in [-0.3, -0.25) is 0 Å². The summed E-state index contributed by atoms with van der Waals surface area (Å²) in [4.78, 5) is 0. The molecular formula is C12H22O2. The average molecular weight is 198 g/mol. The Balaban J connectivity index is 1.57. The molecule has 2 rings (SSSR count). The van der Waals surface area contributed by atoms with E-state index in [-0.39, 0.29) is 6.10 Å². The molecule has 3 unspecified atom stereocenters.